The fourth-order valence-electron chi connectivity index (χ4n) is 2.26. The van der Waals surface area contributed by atoms with Crippen molar-refractivity contribution in [3.63, 3.8) is 0 Å². The number of ether oxygens (including phenoxy) is 1. The van der Waals surface area contributed by atoms with Gasteiger partial charge >= 0.3 is 0 Å². The monoisotopic (exact) mass is 431 g/mol. The Bertz CT molecular complexity index is 634. The number of rotatable bonds is 5. The Kier molecular flexibility index (Phi) is 6.11. The van der Waals surface area contributed by atoms with E-state index in [1.165, 1.54) is 0 Å². The van der Waals surface area contributed by atoms with Gasteiger partial charge in [0.2, 0.25) is 0 Å². The zero-order valence-corrected chi connectivity index (χ0v) is 15.7. The highest BCUT2D eigenvalue weighted by Crippen LogP contribution is 2.36. The van der Waals surface area contributed by atoms with Gasteiger partial charge in [-0.15, -0.1) is 0 Å². The Hall–Kier alpha value is -0.550. The molecule has 5 heteroatoms. The molecular formula is C16H16Br2ClNO. The van der Waals surface area contributed by atoms with E-state index in [0.717, 1.165) is 37.4 Å². The largest absolute Gasteiger partial charge is 0.496 e. The smallest absolute Gasteiger partial charge is 0.124 e. The Labute approximate surface area is 147 Å². The quantitative estimate of drug-likeness (QED) is 0.665. The molecule has 1 N–H and O–H groups in total. The van der Waals surface area contributed by atoms with Gasteiger partial charge in [0.15, 0.2) is 0 Å². The molecule has 2 aromatic carbocycles. The standard InChI is InChI=1S/C16H16Br2ClNO/c1-3-20-16(12-6-4-11(18)9-14(12)19)13-8-10(17)5-7-15(13)21-2/h4-9,16,20H,3H2,1-2H3. The van der Waals surface area contributed by atoms with Gasteiger partial charge in [-0.2, -0.15) is 0 Å². The second-order valence-corrected chi connectivity index (χ2v) is 6.78. The van der Waals surface area contributed by atoms with Crippen LogP contribution in [-0.2, 0) is 0 Å². The van der Waals surface area contributed by atoms with Gasteiger partial charge in [-0.25, -0.2) is 0 Å². The average Bonchev–Trinajstić information content (AvgIpc) is 2.45. The molecule has 0 bridgehead atoms. The molecule has 0 saturated heterocycles. The van der Waals surface area contributed by atoms with Crippen LogP contribution in [0.25, 0.3) is 0 Å². The van der Waals surface area contributed by atoms with Crippen molar-refractivity contribution < 1.29 is 4.74 Å². The van der Waals surface area contributed by atoms with E-state index in [1.807, 2.05) is 30.3 Å². The van der Waals surface area contributed by atoms with E-state index in [4.69, 9.17) is 16.3 Å². The van der Waals surface area contributed by atoms with Gasteiger partial charge in [0.25, 0.3) is 0 Å². The van der Waals surface area contributed by atoms with Gasteiger partial charge in [0, 0.05) is 19.5 Å². The van der Waals surface area contributed by atoms with Crippen molar-refractivity contribution in [3.8, 4) is 5.75 Å². The molecule has 2 aromatic rings. The van der Waals surface area contributed by atoms with Gasteiger partial charge in [-0.3, -0.25) is 0 Å². The van der Waals surface area contributed by atoms with Crippen LogP contribution in [0.4, 0.5) is 0 Å². The predicted octanol–water partition coefficient (Wildman–Crippen LogP) is 5.57. The van der Waals surface area contributed by atoms with E-state index >= 15 is 0 Å². The first-order valence-electron chi connectivity index (χ1n) is 6.58. The number of hydrogen-bond donors (Lipinski definition) is 1. The van der Waals surface area contributed by atoms with E-state index in [2.05, 4.69) is 50.2 Å². The van der Waals surface area contributed by atoms with Crippen LogP contribution >= 0.6 is 43.5 Å². The lowest BCUT2D eigenvalue weighted by molar-refractivity contribution is 0.404. The highest BCUT2D eigenvalue weighted by atomic mass is 79.9. The molecule has 0 radical (unpaired) electrons. The second-order valence-electron chi connectivity index (χ2n) is 4.54. The first-order chi connectivity index (χ1) is 10.1. The first kappa shape index (κ1) is 16.8. The Balaban J connectivity index is 2.55. The number of benzene rings is 2. The van der Waals surface area contributed by atoms with Crippen LogP contribution in [0.1, 0.15) is 24.1 Å². The minimum absolute atomic E-state index is 0.0250. The van der Waals surface area contributed by atoms with E-state index in [-0.39, 0.29) is 6.04 Å². The second kappa shape index (κ2) is 7.63. The molecule has 21 heavy (non-hydrogen) atoms. The number of methoxy groups -OCH3 is 1. The summed E-state index contributed by atoms with van der Waals surface area (Å²) < 4.78 is 7.47. The molecule has 1 unspecified atom stereocenters. The summed E-state index contributed by atoms with van der Waals surface area (Å²) in [7, 11) is 1.68. The van der Waals surface area contributed by atoms with Crippen molar-refractivity contribution in [2.75, 3.05) is 13.7 Å². The Morgan fingerprint density at radius 3 is 2.38 bits per heavy atom. The molecule has 0 aliphatic heterocycles. The third kappa shape index (κ3) is 4.01. The van der Waals surface area contributed by atoms with Crippen LogP contribution < -0.4 is 10.1 Å². The number of halogens is 3. The number of nitrogens with one attached hydrogen (secondary N) is 1. The van der Waals surface area contributed by atoms with Gasteiger partial charge < -0.3 is 10.1 Å². The normalized spacial score (nSPS) is 12.2. The third-order valence-electron chi connectivity index (χ3n) is 3.18. The lowest BCUT2D eigenvalue weighted by atomic mass is 9.97. The summed E-state index contributed by atoms with van der Waals surface area (Å²) in [5.74, 6) is 0.836. The summed E-state index contributed by atoms with van der Waals surface area (Å²) in [6, 6.07) is 11.9. The molecule has 1 atom stereocenters. The molecule has 0 spiro atoms. The van der Waals surface area contributed by atoms with Crippen molar-refractivity contribution in [3.05, 3.63) is 61.5 Å². The van der Waals surface area contributed by atoms with Crippen LogP contribution in [0.2, 0.25) is 5.02 Å². The van der Waals surface area contributed by atoms with Gasteiger partial charge in [0.05, 0.1) is 13.2 Å². The van der Waals surface area contributed by atoms with E-state index in [9.17, 15) is 0 Å². The summed E-state index contributed by atoms with van der Waals surface area (Å²) >= 11 is 13.4. The van der Waals surface area contributed by atoms with E-state index in [0.29, 0.717) is 0 Å². The SMILES string of the molecule is CCNC(c1ccc(Br)cc1Cl)c1cc(Br)ccc1OC. The maximum Gasteiger partial charge on any atom is 0.124 e. The van der Waals surface area contributed by atoms with Gasteiger partial charge in [0.1, 0.15) is 5.75 Å². The minimum Gasteiger partial charge on any atom is -0.496 e. The first-order valence-corrected chi connectivity index (χ1v) is 8.55. The average molecular weight is 434 g/mol. The fourth-order valence-corrected chi connectivity index (χ4v) is 3.42. The Morgan fingerprint density at radius 2 is 1.76 bits per heavy atom. The molecule has 0 aliphatic carbocycles. The molecule has 0 aromatic heterocycles. The molecule has 0 aliphatic rings. The summed E-state index contributed by atoms with van der Waals surface area (Å²) in [6.07, 6.45) is 0. The molecule has 112 valence electrons. The maximum absolute atomic E-state index is 6.42. The molecular weight excluding hydrogens is 417 g/mol. The molecule has 0 fully saturated rings. The van der Waals surface area contributed by atoms with Crippen LogP contribution in [0, 0.1) is 0 Å². The predicted molar refractivity (Wildman–Crippen MR) is 95.4 cm³/mol. The maximum atomic E-state index is 6.42. The van der Waals surface area contributed by atoms with E-state index in [1.54, 1.807) is 7.11 Å². The van der Waals surface area contributed by atoms with Crippen LogP contribution in [0.15, 0.2) is 45.3 Å². The molecule has 2 nitrogen and oxygen atoms in total. The highest BCUT2D eigenvalue weighted by molar-refractivity contribution is 9.10. The lowest BCUT2D eigenvalue weighted by Crippen LogP contribution is -2.23. The van der Waals surface area contributed by atoms with Crippen LogP contribution in [0.3, 0.4) is 0 Å². The Morgan fingerprint density at radius 1 is 1.10 bits per heavy atom. The van der Waals surface area contributed by atoms with Crippen LogP contribution in [-0.4, -0.2) is 13.7 Å². The van der Waals surface area contributed by atoms with Crippen LogP contribution in [0.5, 0.6) is 5.75 Å². The van der Waals surface area contributed by atoms with Crippen molar-refractivity contribution in [1.29, 1.82) is 0 Å². The fraction of sp³-hybridized carbons (Fsp3) is 0.250. The molecule has 2 rings (SSSR count). The van der Waals surface area contributed by atoms with Gasteiger partial charge in [-0.05, 0) is 42.4 Å². The third-order valence-corrected chi connectivity index (χ3v) is 4.50. The van der Waals surface area contributed by atoms with Gasteiger partial charge in [-0.1, -0.05) is 56.5 Å². The summed E-state index contributed by atoms with van der Waals surface area (Å²) in [5.41, 5.74) is 2.08. The zero-order chi connectivity index (χ0) is 15.4. The summed E-state index contributed by atoms with van der Waals surface area (Å²) in [4.78, 5) is 0. The molecule has 0 heterocycles. The minimum atomic E-state index is -0.0250. The van der Waals surface area contributed by atoms with Crippen molar-refractivity contribution in [1.82, 2.24) is 5.32 Å². The highest BCUT2D eigenvalue weighted by Gasteiger charge is 2.20. The zero-order valence-electron chi connectivity index (χ0n) is 11.8. The topological polar surface area (TPSA) is 21.3 Å². The summed E-state index contributed by atoms with van der Waals surface area (Å²) in [5, 5.41) is 4.20. The van der Waals surface area contributed by atoms with Crippen molar-refractivity contribution in [2.24, 2.45) is 0 Å². The molecule has 0 amide bonds. The van der Waals surface area contributed by atoms with Crippen molar-refractivity contribution in [2.45, 2.75) is 13.0 Å². The molecule has 0 saturated carbocycles. The van der Waals surface area contributed by atoms with Crippen molar-refractivity contribution >= 4 is 43.5 Å². The summed E-state index contributed by atoms with van der Waals surface area (Å²) in [6.45, 7) is 2.90. The number of hydrogen-bond acceptors (Lipinski definition) is 2. The van der Waals surface area contributed by atoms with E-state index < -0.39 is 0 Å². The lowest BCUT2D eigenvalue weighted by Gasteiger charge is -2.22.